The highest BCUT2D eigenvalue weighted by atomic mass is 19.1. The van der Waals surface area contributed by atoms with E-state index >= 15 is 0 Å². The summed E-state index contributed by atoms with van der Waals surface area (Å²) in [5.41, 5.74) is 1.26. The maximum Gasteiger partial charge on any atom is 0.223 e. The molecule has 0 atom stereocenters. The van der Waals surface area contributed by atoms with Gasteiger partial charge in [0.05, 0.1) is 11.8 Å². The molecule has 3 N–H and O–H groups in total. The highest BCUT2D eigenvalue weighted by molar-refractivity contribution is 5.81. The van der Waals surface area contributed by atoms with E-state index in [1.54, 1.807) is 6.07 Å². The van der Waals surface area contributed by atoms with E-state index in [0.717, 1.165) is 12.8 Å². The molecular weight excluding hydrogens is 349 g/mol. The van der Waals surface area contributed by atoms with Crippen molar-refractivity contribution in [1.29, 1.82) is 0 Å². The number of nitrogens with zero attached hydrogens (tertiary/aromatic N) is 1. The largest absolute Gasteiger partial charge is 0.393 e. The van der Waals surface area contributed by atoms with Gasteiger partial charge in [0.15, 0.2) is 0 Å². The number of nitrogens with one attached hydrogen (secondary N) is 2. The van der Waals surface area contributed by atoms with Gasteiger partial charge in [-0.05, 0) is 49.8 Å². The Labute approximate surface area is 159 Å². The van der Waals surface area contributed by atoms with Crippen molar-refractivity contribution in [2.45, 2.75) is 51.2 Å². The van der Waals surface area contributed by atoms with Crippen LogP contribution in [0.2, 0.25) is 0 Å². The highest BCUT2D eigenvalue weighted by Crippen LogP contribution is 2.28. The van der Waals surface area contributed by atoms with Gasteiger partial charge in [0.2, 0.25) is 11.8 Å². The number of benzene rings is 1. The van der Waals surface area contributed by atoms with Crippen LogP contribution in [0, 0.1) is 11.7 Å². The maximum absolute atomic E-state index is 14.4. The number of aliphatic hydroxyl groups is 1. The van der Waals surface area contributed by atoms with E-state index in [4.69, 9.17) is 0 Å². The van der Waals surface area contributed by atoms with Crippen LogP contribution in [0.3, 0.4) is 0 Å². The van der Waals surface area contributed by atoms with Crippen LogP contribution < -0.4 is 15.5 Å². The first-order valence-electron chi connectivity index (χ1n) is 9.79. The minimum Gasteiger partial charge on any atom is -0.393 e. The van der Waals surface area contributed by atoms with E-state index in [1.807, 2.05) is 11.0 Å². The SMILES string of the molecule is O=C(CCCNC(=O)C1CC1)NCc1ccc(N2CCC(O)CC2)c(F)c1. The fourth-order valence-corrected chi connectivity index (χ4v) is 3.26. The number of carbonyl (C=O) groups excluding carboxylic acids is 2. The number of halogens is 1. The third-order valence-corrected chi connectivity index (χ3v) is 5.13. The van der Waals surface area contributed by atoms with Gasteiger partial charge in [-0.15, -0.1) is 0 Å². The van der Waals surface area contributed by atoms with Crippen molar-refractivity contribution in [3.05, 3.63) is 29.6 Å². The second kappa shape index (κ2) is 9.17. The van der Waals surface area contributed by atoms with Gasteiger partial charge in [-0.3, -0.25) is 9.59 Å². The zero-order chi connectivity index (χ0) is 19.2. The summed E-state index contributed by atoms with van der Waals surface area (Å²) in [7, 11) is 0. The minimum absolute atomic E-state index is 0.0918. The van der Waals surface area contributed by atoms with E-state index in [9.17, 15) is 19.1 Å². The van der Waals surface area contributed by atoms with Crippen molar-refractivity contribution in [1.82, 2.24) is 10.6 Å². The number of piperidine rings is 1. The number of carbonyl (C=O) groups is 2. The van der Waals surface area contributed by atoms with E-state index in [0.29, 0.717) is 56.6 Å². The molecule has 0 unspecified atom stereocenters. The van der Waals surface area contributed by atoms with Crippen LogP contribution in [0.4, 0.5) is 10.1 Å². The van der Waals surface area contributed by atoms with E-state index in [2.05, 4.69) is 10.6 Å². The molecule has 148 valence electrons. The third kappa shape index (κ3) is 5.92. The molecule has 2 fully saturated rings. The molecule has 1 saturated heterocycles. The summed E-state index contributed by atoms with van der Waals surface area (Å²) in [6.07, 6.45) is 3.89. The van der Waals surface area contributed by atoms with E-state index in [-0.39, 0.29) is 36.2 Å². The normalized spacial score (nSPS) is 17.6. The minimum atomic E-state index is -0.305. The molecule has 6 nitrogen and oxygen atoms in total. The van der Waals surface area contributed by atoms with E-state index < -0.39 is 0 Å². The second-order valence-corrected chi connectivity index (χ2v) is 7.45. The summed E-state index contributed by atoms with van der Waals surface area (Å²) in [4.78, 5) is 25.3. The summed E-state index contributed by atoms with van der Waals surface area (Å²) in [5, 5.41) is 15.2. The number of anilines is 1. The standard InChI is InChI=1S/C20H28FN3O3/c21-17-12-14(3-6-18(17)24-10-7-16(25)8-11-24)13-23-19(26)2-1-9-22-20(27)15-4-5-15/h3,6,12,15-16,25H,1-2,4-5,7-11,13H2,(H,22,27)(H,23,26). The Morgan fingerprint density at radius 1 is 1.15 bits per heavy atom. The van der Waals surface area contributed by atoms with Gasteiger partial charge < -0.3 is 20.6 Å². The molecular formula is C20H28FN3O3. The van der Waals surface area contributed by atoms with E-state index in [1.165, 1.54) is 6.07 Å². The number of aliphatic hydroxyl groups excluding tert-OH is 1. The average molecular weight is 377 g/mol. The Balaban J connectivity index is 1.38. The van der Waals surface area contributed by atoms with Crippen molar-refractivity contribution < 1.29 is 19.1 Å². The maximum atomic E-state index is 14.4. The van der Waals surface area contributed by atoms with Crippen LogP contribution in [0.1, 0.15) is 44.1 Å². The monoisotopic (exact) mass is 377 g/mol. The lowest BCUT2D eigenvalue weighted by molar-refractivity contribution is -0.123. The third-order valence-electron chi connectivity index (χ3n) is 5.13. The Kier molecular flexibility index (Phi) is 6.66. The van der Waals surface area contributed by atoms with Crippen molar-refractivity contribution in [3.8, 4) is 0 Å². The molecule has 0 spiro atoms. The van der Waals surface area contributed by atoms with Gasteiger partial charge >= 0.3 is 0 Å². The Bertz CT molecular complexity index is 670. The quantitative estimate of drug-likeness (QED) is 0.603. The molecule has 0 radical (unpaired) electrons. The van der Waals surface area contributed by atoms with Crippen molar-refractivity contribution in [2.75, 3.05) is 24.5 Å². The van der Waals surface area contributed by atoms with Gasteiger partial charge in [0.25, 0.3) is 0 Å². The van der Waals surface area contributed by atoms with Crippen molar-refractivity contribution in [3.63, 3.8) is 0 Å². The van der Waals surface area contributed by atoms with Gasteiger partial charge in [-0.1, -0.05) is 6.07 Å². The lowest BCUT2D eigenvalue weighted by atomic mass is 10.1. The number of rotatable bonds is 8. The molecule has 1 heterocycles. The molecule has 1 saturated carbocycles. The predicted molar refractivity (Wildman–Crippen MR) is 101 cm³/mol. The summed E-state index contributed by atoms with van der Waals surface area (Å²) < 4.78 is 14.4. The van der Waals surface area contributed by atoms with Crippen LogP contribution in [0.25, 0.3) is 0 Å². The van der Waals surface area contributed by atoms with Gasteiger partial charge in [0, 0.05) is 38.5 Å². The molecule has 1 aromatic carbocycles. The molecule has 3 rings (SSSR count). The zero-order valence-electron chi connectivity index (χ0n) is 15.5. The van der Waals surface area contributed by atoms with Crippen molar-refractivity contribution in [2.24, 2.45) is 5.92 Å². The fourth-order valence-electron chi connectivity index (χ4n) is 3.26. The summed E-state index contributed by atoms with van der Waals surface area (Å²) in [6, 6.07) is 5.01. The van der Waals surface area contributed by atoms with Gasteiger partial charge in [0.1, 0.15) is 5.82 Å². The Morgan fingerprint density at radius 3 is 2.56 bits per heavy atom. The van der Waals surface area contributed by atoms with Gasteiger partial charge in [-0.2, -0.15) is 0 Å². The highest BCUT2D eigenvalue weighted by Gasteiger charge is 2.29. The lowest BCUT2D eigenvalue weighted by Gasteiger charge is -2.31. The smallest absolute Gasteiger partial charge is 0.223 e. The number of hydrogen-bond acceptors (Lipinski definition) is 4. The molecule has 1 aliphatic heterocycles. The molecule has 2 amide bonds. The number of amides is 2. The predicted octanol–water partition coefficient (Wildman–Crippen LogP) is 1.71. The summed E-state index contributed by atoms with van der Waals surface area (Å²) in [5.74, 6) is -0.132. The van der Waals surface area contributed by atoms with Crippen molar-refractivity contribution >= 4 is 17.5 Å². The van der Waals surface area contributed by atoms with Crippen LogP contribution in [-0.2, 0) is 16.1 Å². The number of hydrogen-bond donors (Lipinski definition) is 3. The summed E-state index contributed by atoms with van der Waals surface area (Å²) in [6.45, 7) is 2.08. The average Bonchev–Trinajstić information content (AvgIpc) is 3.50. The fraction of sp³-hybridized carbons (Fsp3) is 0.600. The molecule has 2 aliphatic rings. The van der Waals surface area contributed by atoms with Crippen LogP contribution in [0.15, 0.2) is 18.2 Å². The zero-order valence-corrected chi connectivity index (χ0v) is 15.5. The van der Waals surface area contributed by atoms with Crippen LogP contribution in [-0.4, -0.2) is 42.7 Å². The molecule has 1 aliphatic carbocycles. The molecule has 7 heteroatoms. The second-order valence-electron chi connectivity index (χ2n) is 7.45. The first-order valence-corrected chi connectivity index (χ1v) is 9.79. The Hall–Kier alpha value is -2.15. The van der Waals surface area contributed by atoms with Crippen LogP contribution >= 0.6 is 0 Å². The Morgan fingerprint density at radius 2 is 1.89 bits per heavy atom. The molecule has 27 heavy (non-hydrogen) atoms. The molecule has 0 bridgehead atoms. The van der Waals surface area contributed by atoms with Gasteiger partial charge in [-0.25, -0.2) is 4.39 Å². The topological polar surface area (TPSA) is 81.7 Å². The summed E-state index contributed by atoms with van der Waals surface area (Å²) >= 11 is 0. The first-order chi connectivity index (χ1) is 13.0. The molecule has 1 aromatic rings. The molecule has 0 aromatic heterocycles. The van der Waals surface area contributed by atoms with Crippen LogP contribution in [0.5, 0.6) is 0 Å². The lowest BCUT2D eigenvalue weighted by Crippen LogP contribution is -2.36. The first kappa shape index (κ1) is 19.6.